The van der Waals surface area contributed by atoms with Crippen LogP contribution in [0.2, 0.25) is 0 Å². The molecule has 0 aliphatic heterocycles. The predicted molar refractivity (Wildman–Crippen MR) is 80.6 cm³/mol. The SMILES string of the molecule is O=C(NCC1(O)CCC1)N[C@@H]1C[C@@H]1c1ccccc1Br. The monoisotopic (exact) mass is 338 g/mol. The quantitative estimate of drug-likeness (QED) is 0.789. The number of carbonyl (C=O) groups excluding carboxylic acids is 1. The van der Waals surface area contributed by atoms with Crippen molar-refractivity contribution in [3.63, 3.8) is 0 Å². The number of nitrogens with one attached hydrogen (secondary N) is 2. The first-order chi connectivity index (χ1) is 9.57. The summed E-state index contributed by atoms with van der Waals surface area (Å²) in [7, 11) is 0. The van der Waals surface area contributed by atoms with Gasteiger partial charge in [-0.25, -0.2) is 4.79 Å². The molecule has 108 valence electrons. The lowest BCUT2D eigenvalue weighted by Crippen LogP contribution is -2.50. The van der Waals surface area contributed by atoms with Crippen molar-refractivity contribution in [2.75, 3.05) is 6.54 Å². The zero-order chi connectivity index (χ0) is 14.2. The summed E-state index contributed by atoms with van der Waals surface area (Å²) >= 11 is 3.54. The van der Waals surface area contributed by atoms with Crippen LogP contribution < -0.4 is 10.6 Å². The van der Waals surface area contributed by atoms with Crippen LogP contribution in [0.15, 0.2) is 28.7 Å². The Kier molecular flexibility index (Phi) is 3.73. The van der Waals surface area contributed by atoms with Crippen molar-refractivity contribution < 1.29 is 9.90 Å². The van der Waals surface area contributed by atoms with Gasteiger partial charge in [-0.1, -0.05) is 34.1 Å². The van der Waals surface area contributed by atoms with Gasteiger partial charge in [0, 0.05) is 23.0 Å². The van der Waals surface area contributed by atoms with Crippen LogP contribution in [0.1, 0.15) is 37.2 Å². The van der Waals surface area contributed by atoms with Gasteiger partial charge in [-0.2, -0.15) is 0 Å². The molecule has 0 saturated heterocycles. The zero-order valence-corrected chi connectivity index (χ0v) is 12.8. The maximum Gasteiger partial charge on any atom is 0.315 e. The molecule has 1 aromatic carbocycles. The molecule has 2 aliphatic carbocycles. The normalized spacial score (nSPS) is 26.5. The maximum atomic E-state index is 11.8. The number of amides is 2. The summed E-state index contributed by atoms with van der Waals surface area (Å²) in [5, 5.41) is 15.7. The molecule has 5 heteroatoms. The standard InChI is InChI=1S/C15H19BrN2O2/c16-12-5-2-1-4-10(12)11-8-13(11)18-14(19)17-9-15(20)6-3-7-15/h1-2,4-5,11,13,20H,3,6-9H2,(H2,17,18,19)/t11-,13-/m1/s1. The summed E-state index contributed by atoms with van der Waals surface area (Å²) in [6, 6.07) is 8.14. The second-order valence-electron chi connectivity index (χ2n) is 5.88. The summed E-state index contributed by atoms with van der Waals surface area (Å²) in [5.74, 6) is 0.392. The van der Waals surface area contributed by atoms with E-state index in [9.17, 15) is 9.90 Å². The van der Waals surface area contributed by atoms with Gasteiger partial charge in [0.15, 0.2) is 0 Å². The molecule has 2 saturated carbocycles. The van der Waals surface area contributed by atoms with Crippen LogP contribution >= 0.6 is 15.9 Å². The van der Waals surface area contributed by atoms with Gasteiger partial charge in [0.2, 0.25) is 0 Å². The van der Waals surface area contributed by atoms with E-state index in [1.165, 1.54) is 5.56 Å². The van der Waals surface area contributed by atoms with Crippen molar-refractivity contribution in [3.05, 3.63) is 34.3 Å². The summed E-state index contributed by atoms with van der Waals surface area (Å²) in [5.41, 5.74) is 0.582. The van der Waals surface area contributed by atoms with E-state index in [2.05, 4.69) is 32.6 Å². The Balaban J connectivity index is 1.46. The van der Waals surface area contributed by atoms with Crippen molar-refractivity contribution >= 4 is 22.0 Å². The first kappa shape index (κ1) is 13.9. The Bertz CT molecular complexity index is 516. The Labute approximate surface area is 127 Å². The van der Waals surface area contributed by atoms with Gasteiger partial charge in [-0.05, 0) is 37.3 Å². The topological polar surface area (TPSA) is 61.4 Å². The maximum absolute atomic E-state index is 11.8. The van der Waals surface area contributed by atoms with Crippen LogP contribution in [-0.2, 0) is 0 Å². The molecule has 3 N–H and O–H groups in total. The fourth-order valence-electron chi connectivity index (χ4n) is 2.70. The van der Waals surface area contributed by atoms with Crippen molar-refractivity contribution in [3.8, 4) is 0 Å². The molecule has 0 aromatic heterocycles. The molecule has 0 bridgehead atoms. The molecular weight excluding hydrogens is 320 g/mol. The second kappa shape index (κ2) is 5.37. The highest BCUT2D eigenvalue weighted by molar-refractivity contribution is 9.10. The minimum Gasteiger partial charge on any atom is -0.388 e. The van der Waals surface area contributed by atoms with Gasteiger partial charge < -0.3 is 15.7 Å². The number of halogens is 1. The molecule has 0 radical (unpaired) electrons. The minimum atomic E-state index is -0.664. The van der Waals surface area contributed by atoms with Crippen LogP contribution in [0.4, 0.5) is 4.79 Å². The Morgan fingerprint density at radius 2 is 2.15 bits per heavy atom. The van der Waals surface area contributed by atoms with Crippen LogP contribution in [0, 0.1) is 0 Å². The lowest BCUT2D eigenvalue weighted by Gasteiger charge is -2.36. The smallest absolute Gasteiger partial charge is 0.315 e. The molecule has 3 rings (SSSR count). The lowest BCUT2D eigenvalue weighted by molar-refractivity contribution is -0.0290. The molecule has 2 atom stereocenters. The van der Waals surface area contributed by atoms with Gasteiger partial charge in [0.05, 0.1) is 5.60 Å². The molecule has 0 unspecified atom stereocenters. The van der Waals surface area contributed by atoms with Gasteiger partial charge in [0.25, 0.3) is 0 Å². The van der Waals surface area contributed by atoms with E-state index < -0.39 is 5.60 Å². The Morgan fingerprint density at radius 3 is 2.80 bits per heavy atom. The largest absolute Gasteiger partial charge is 0.388 e. The number of rotatable bonds is 4. The molecule has 1 aromatic rings. The molecule has 0 spiro atoms. The number of carbonyl (C=O) groups is 1. The second-order valence-corrected chi connectivity index (χ2v) is 6.73. The van der Waals surface area contributed by atoms with Crippen LogP contribution in [0.25, 0.3) is 0 Å². The molecule has 2 fully saturated rings. The number of benzene rings is 1. The highest BCUT2D eigenvalue weighted by Gasteiger charge is 2.41. The highest BCUT2D eigenvalue weighted by Crippen LogP contribution is 2.43. The number of hydrogen-bond acceptors (Lipinski definition) is 2. The molecule has 4 nitrogen and oxygen atoms in total. The van der Waals surface area contributed by atoms with E-state index in [1.807, 2.05) is 18.2 Å². The minimum absolute atomic E-state index is 0.176. The van der Waals surface area contributed by atoms with Crippen LogP contribution in [0.3, 0.4) is 0 Å². The number of aliphatic hydroxyl groups is 1. The van der Waals surface area contributed by atoms with E-state index in [1.54, 1.807) is 0 Å². The average Bonchev–Trinajstić information content (AvgIpc) is 3.13. The fourth-order valence-corrected chi connectivity index (χ4v) is 3.28. The first-order valence-corrected chi connectivity index (χ1v) is 7.88. The van der Waals surface area contributed by atoms with Gasteiger partial charge >= 0.3 is 6.03 Å². The summed E-state index contributed by atoms with van der Waals surface area (Å²) in [4.78, 5) is 11.8. The molecule has 20 heavy (non-hydrogen) atoms. The molecule has 2 amide bonds. The van der Waals surface area contributed by atoms with Gasteiger partial charge in [-0.15, -0.1) is 0 Å². The van der Waals surface area contributed by atoms with Crippen molar-refractivity contribution in [1.82, 2.24) is 10.6 Å². The fraction of sp³-hybridized carbons (Fsp3) is 0.533. The number of hydrogen-bond donors (Lipinski definition) is 3. The van der Waals surface area contributed by atoms with Gasteiger partial charge in [-0.3, -0.25) is 0 Å². The van der Waals surface area contributed by atoms with Crippen molar-refractivity contribution in [2.24, 2.45) is 0 Å². The van der Waals surface area contributed by atoms with E-state index in [0.717, 1.165) is 30.2 Å². The zero-order valence-electron chi connectivity index (χ0n) is 11.2. The lowest BCUT2D eigenvalue weighted by atomic mass is 9.80. The van der Waals surface area contributed by atoms with Gasteiger partial charge in [0.1, 0.15) is 0 Å². The molecular formula is C15H19BrN2O2. The third-order valence-corrected chi connectivity index (χ3v) is 5.00. The molecule has 2 aliphatic rings. The summed E-state index contributed by atoms with van der Waals surface area (Å²) < 4.78 is 1.10. The molecule has 0 heterocycles. The first-order valence-electron chi connectivity index (χ1n) is 7.09. The van der Waals surface area contributed by atoms with E-state index in [4.69, 9.17) is 0 Å². The summed E-state index contributed by atoms with van der Waals surface area (Å²) in [6.45, 7) is 0.352. The van der Waals surface area contributed by atoms with Crippen molar-refractivity contribution in [1.29, 1.82) is 0 Å². The Morgan fingerprint density at radius 1 is 1.40 bits per heavy atom. The predicted octanol–water partition coefficient (Wildman–Crippen LogP) is 2.52. The Hall–Kier alpha value is -1.07. The van der Waals surface area contributed by atoms with E-state index in [-0.39, 0.29) is 12.1 Å². The van der Waals surface area contributed by atoms with E-state index >= 15 is 0 Å². The van der Waals surface area contributed by atoms with E-state index in [0.29, 0.717) is 12.5 Å². The van der Waals surface area contributed by atoms with Crippen LogP contribution in [-0.4, -0.2) is 29.3 Å². The van der Waals surface area contributed by atoms with Crippen molar-refractivity contribution in [2.45, 2.75) is 43.2 Å². The number of urea groups is 1. The third kappa shape index (κ3) is 2.99. The summed E-state index contributed by atoms with van der Waals surface area (Å²) in [6.07, 6.45) is 3.60. The van der Waals surface area contributed by atoms with Crippen LogP contribution in [0.5, 0.6) is 0 Å². The highest BCUT2D eigenvalue weighted by atomic mass is 79.9. The average molecular weight is 339 g/mol. The third-order valence-electron chi connectivity index (χ3n) is 4.27.